The molecule has 0 unspecified atom stereocenters. The van der Waals surface area contributed by atoms with E-state index in [0.717, 1.165) is 11.4 Å². The molecule has 0 aromatic carbocycles. The van der Waals surface area contributed by atoms with Gasteiger partial charge in [0.05, 0.1) is 11.9 Å². The third kappa shape index (κ3) is 3.62. The van der Waals surface area contributed by atoms with E-state index in [-0.39, 0.29) is 5.41 Å². The fourth-order valence-electron chi connectivity index (χ4n) is 2.32. The van der Waals surface area contributed by atoms with Crippen molar-refractivity contribution in [2.75, 3.05) is 0 Å². The summed E-state index contributed by atoms with van der Waals surface area (Å²) in [6.45, 7) is 6.76. The van der Waals surface area contributed by atoms with Gasteiger partial charge in [-0.2, -0.15) is 4.68 Å². The fraction of sp³-hybridized carbons (Fsp3) is 0.600. The van der Waals surface area contributed by atoms with Gasteiger partial charge in [-0.05, 0) is 29.0 Å². The van der Waals surface area contributed by atoms with E-state index in [1.807, 2.05) is 12.3 Å². The molecule has 0 aliphatic carbocycles. The second-order valence-corrected chi connectivity index (χ2v) is 5.85. The lowest BCUT2D eigenvalue weighted by molar-refractivity contribution is 0.435. The number of nitrogens with zero attached hydrogens (tertiary/aromatic N) is 5. The fourth-order valence-corrected chi connectivity index (χ4v) is 2.32. The smallest absolute Gasteiger partial charge is 0.143 e. The number of pyridine rings is 1. The van der Waals surface area contributed by atoms with Crippen molar-refractivity contribution in [1.29, 1.82) is 0 Å². The Morgan fingerprint density at radius 3 is 2.60 bits per heavy atom. The lowest BCUT2D eigenvalue weighted by atomic mass is 9.83. The van der Waals surface area contributed by atoms with Gasteiger partial charge < -0.3 is 0 Å². The molecule has 0 aliphatic rings. The maximum absolute atomic E-state index is 4.59. The maximum Gasteiger partial charge on any atom is 0.143 e. The number of hydrogen-bond acceptors (Lipinski definition) is 4. The van der Waals surface area contributed by atoms with E-state index >= 15 is 0 Å². The number of tetrazole rings is 1. The Kier molecular flexibility index (Phi) is 4.82. The van der Waals surface area contributed by atoms with Crippen LogP contribution in [-0.2, 0) is 5.41 Å². The first kappa shape index (κ1) is 14.6. The van der Waals surface area contributed by atoms with Crippen LogP contribution in [0.4, 0.5) is 0 Å². The Morgan fingerprint density at radius 1 is 1.15 bits per heavy atom. The maximum atomic E-state index is 4.59. The van der Waals surface area contributed by atoms with Crippen LogP contribution >= 0.6 is 0 Å². The SMILES string of the molecule is CCCCCCC(C)(C)c1ccc(-n2cnnn2)cn1. The van der Waals surface area contributed by atoms with Crippen LogP contribution in [0.3, 0.4) is 0 Å². The molecule has 0 bridgehead atoms. The zero-order valence-electron chi connectivity index (χ0n) is 12.6. The molecule has 0 radical (unpaired) electrons. The normalized spacial score (nSPS) is 11.8. The van der Waals surface area contributed by atoms with Crippen molar-refractivity contribution in [3.05, 3.63) is 30.4 Å². The van der Waals surface area contributed by atoms with Crippen molar-refractivity contribution in [1.82, 2.24) is 25.2 Å². The third-order valence-electron chi connectivity index (χ3n) is 3.71. The van der Waals surface area contributed by atoms with Crippen molar-refractivity contribution in [2.24, 2.45) is 0 Å². The molecule has 0 saturated carbocycles. The van der Waals surface area contributed by atoms with Crippen molar-refractivity contribution in [2.45, 2.75) is 58.3 Å². The first-order valence-electron chi connectivity index (χ1n) is 7.33. The zero-order chi connectivity index (χ0) is 14.4. The van der Waals surface area contributed by atoms with Crippen molar-refractivity contribution < 1.29 is 0 Å². The molecule has 0 atom stereocenters. The summed E-state index contributed by atoms with van der Waals surface area (Å²) < 4.78 is 1.62. The third-order valence-corrected chi connectivity index (χ3v) is 3.71. The topological polar surface area (TPSA) is 56.5 Å². The highest BCUT2D eigenvalue weighted by Gasteiger charge is 2.21. The summed E-state index contributed by atoms with van der Waals surface area (Å²) in [4.78, 5) is 4.59. The molecule has 20 heavy (non-hydrogen) atoms. The van der Waals surface area contributed by atoms with Crippen LogP contribution in [0, 0.1) is 0 Å². The summed E-state index contributed by atoms with van der Waals surface area (Å²) in [6.07, 6.45) is 9.75. The summed E-state index contributed by atoms with van der Waals surface area (Å²) in [5.41, 5.74) is 2.14. The number of rotatable bonds is 7. The quantitative estimate of drug-likeness (QED) is 0.726. The molecule has 0 saturated heterocycles. The van der Waals surface area contributed by atoms with Gasteiger partial charge in [0.2, 0.25) is 0 Å². The molecule has 0 amide bonds. The van der Waals surface area contributed by atoms with E-state index in [1.165, 1.54) is 32.1 Å². The Morgan fingerprint density at radius 2 is 2.00 bits per heavy atom. The Labute approximate surface area is 120 Å². The zero-order valence-corrected chi connectivity index (χ0v) is 12.6. The molecule has 2 heterocycles. The lowest BCUT2D eigenvalue weighted by Crippen LogP contribution is -2.19. The van der Waals surface area contributed by atoms with Gasteiger partial charge in [0.25, 0.3) is 0 Å². The molecule has 5 nitrogen and oxygen atoms in total. The van der Waals surface area contributed by atoms with Crippen LogP contribution in [0.25, 0.3) is 5.69 Å². The van der Waals surface area contributed by atoms with E-state index in [1.54, 1.807) is 11.0 Å². The van der Waals surface area contributed by atoms with Gasteiger partial charge in [-0.15, -0.1) is 5.10 Å². The van der Waals surface area contributed by atoms with Crippen LogP contribution < -0.4 is 0 Å². The second-order valence-electron chi connectivity index (χ2n) is 5.85. The van der Waals surface area contributed by atoms with E-state index in [2.05, 4.69) is 47.3 Å². The first-order chi connectivity index (χ1) is 9.63. The largest absolute Gasteiger partial charge is 0.258 e. The molecule has 0 aliphatic heterocycles. The Hall–Kier alpha value is -1.78. The second kappa shape index (κ2) is 6.59. The van der Waals surface area contributed by atoms with E-state index < -0.39 is 0 Å². The van der Waals surface area contributed by atoms with Crippen LogP contribution in [0.5, 0.6) is 0 Å². The number of hydrogen-bond donors (Lipinski definition) is 0. The highest BCUT2D eigenvalue weighted by atomic mass is 15.5. The molecule has 2 aromatic rings. The lowest BCUT2D eigenvalue weighted by Gasteiger charge is -2.24. The highest BCUT2D eigenvalue weighted by Crippen LogP contribution is 2.28. The average molecular weight is 273 g/mol. The van der Waals surface area contributed by atoms with Gasteiger partial charge in [-0.1, -0.05) is 46.5 Å². The van der Waals surface area contributed by atoms with Crippen molar-refractivity contribution in [3.63, 3.8) is 0 Å². The van der Waals surface area contributed by atoms with Gasteiger partial charge in [0, 0.05) is 11.1 Å². The van der Waals surface area contributed by atoms with Crippen LogP contribution in [0.15, 0.2) is 24.7 Å². The molecular formula is C15H23N5. The average Bonchev–Trinajstić information content (AvgIpc) is 2.98. The molecule has 5 heteroatoms. The minimum atomic E-state index is 0.118. The Bertz CT molecular complexity index is 502. The molecule has 0 spiro atoms. The van der Waals surface area contributed by atoms with Crippen LogP contribution in [-0.4, -0.2) is 25.2 Å². The standard InChI is InChI=1S/C15H23N5/c1-4-5-6-7-10-15(2,3)14-9-8-13(11-16-14)20-12-17-18-19-20/h8-9,11-12H,4-7,10H2,1-3H3. The Balaban J connectivity index is 2.01. The number of aromatic nitrogens is 5. The molecule has 2 aromatic heterocycles. The minimum Gasteiger partial charge on any atom is -0.258 e. The number of unbranched alkanes of at least 4 members (excludes halogenated alkanes) is 3. The predicted octanol–water partition coefficient (Wildman–Crippen LogP) is 3.31. The van der Waals surface area contributed by atoms with E-state index in [4.69, 9.17) is 0 Å². The van der Waals surface area contributed by atoms with Gasteiger partial charge in [-0.25, -0.2) is 0 Å². The first-order valence-corrected chi connectivity index (χ1v) is 7.33. The monoisotopic (exact) mass is 273 g/mol. The molecule has 0 fully saturated rings. The predicted molar refractivity (Wildman–Crippen MR) is 78.7 cm³/mol. The summed E-state index contributed by atoms with van der Waals surface area (Å²) >= 11 is 0. The van der Waals surface area contributed by atoms with Crippen molar-refractivity contribution in [3.8, 4) is 5.69 Å². The van der Waals surface area contributed by atoms with Gasteiger partial charge in [0.1, 0.15) is 6.33 Å². The van der Waals surface area contributed by atoms with Crippen LogP contribution in [0.1, 0.15) is 58.6 Å². The highest BCUT2D eigenvalue weighted by molar-refractivity contribution is 5.29. The van der Waals surface area contributed by atoms with Gasteiger partial charge in [0.15, 0.2) is 0 Å². The summed E-state index contributed by atoms with van der Waals surface area (Å²) in [5, 5.41) is 11.1. The summed E-state index contributed by atoms with van der Waals surface area (Å²) in [5.74, 6) is 0. The summed E-state index contributed by atoms with van der Waals surface area (Å²) in [7, 11) is 0. The molecular weight excluding hydrogens is 250 g/mol. The van der Waals surface area contributed by atoms with Gasteiger partial charge >= 0.3 is 0 Å². The van der Waals surface area contributed by atoms with Crippen LogP contribution in [0.2, 0.25) is 0 Å². The molecule has 0 N–H and O–H groups in total. The molecule has 2 rings (SSSR count). The van der Waals surface area contributed by atoms with Gasteiger partial charge in [-0.3, -0.25) is 4.98 Å². The van der Waals surface area contributed by atoms with E-state index in [0.29, 0.717) is 0 Å². The molecule has 108 valence electrons. The van der Waals surface area contributed by atoms with E-state index in [9.17, 15) is 0 Å². The summed E-state index contributed by atoms with van der Waals surface area (Å²) in [6, 6.07) is 4.10. The minimum absolute atomic E-state index is 0.118. The van der Waals surface area contributed by atoms with Crippen molar-refractivity contribution >= 4 is 0 Å².